The lowest BCUT2D eigenvalue weighted by Gasteiger charge is -1.95. The van der Waals surface area contributed by atoms with Gasteiger partial charge in [-0.15, -0.1) is 6.58 Å². The van der Waals surface area contributed by atoms with E-state index in [9.17, 15) is 0 Å². The maximum absolute atomic E-state index is 6.06. The third-order valence-corrected chi connectivity index (χ3v) is 4.30. The van der Waals surface area contributed by atoms with Gasteiger partial charge in [-0.3, -0.25) is 0 Å². The number of nitrogens with zero attached hydrogens (tertiary/aromatic N) is 1. The molecule has 0 unspecified atom stereocenters. The second kappa shape index (κ2) is 7.14. The molecule has 2 nitrogen and oxygen atoms in total. The number of aromatic nitrogens is 1. The normalized spacial score (nSPS) is 10.5. The van der Waals surface area contributed by atoms with Crippen LogP contribution in [0.1, 0.15) is 5.56 Å². The van der Waals surface area contributed by atoms with Gasteiger partial charge in [0.15, 0.2) is 0 Å². The van der Waals surface area contributed by atoms with Gasteiger partial charge in [-0.05, 0) is 16.5 Å². The van der Waals surface area contributed by atoms with Crippen LogP contribution in [0.15, 0.2) is 88.9 Å². The second-order valence-corrected chi connectivity index (χ2v) is 5.97. The minimum absolute atomic E-state index is 0.729. The summed E-state index contributed by atoms with van der Waals surface area (Å²) in [6, 6.07) is 22.6. The van der Waals surface area contributed by atoms with Crippen LogP contribution in [0.5, 0.6) is 0 Å². The molecule has 0 aliphatic heterocycles. The van der Waals surface area contributed by atoms with Gasteiger partial charge in [-0.2, -0.15) is 0 Å². The molecule has 0 N–H and O–H groups in total. The quantitative estimate of drug-likeness (QED) is 0.377. The summed E-state index contributed by atoms with van der Waals surface area (Å²) in [5, 5.41) is 1.11. The van der Waals surface area contributed by atoms with Crippen LogP contribution in [-0.4, -0.2) is 5.75 Å². The predicted octanol–water partition coefficient (Wildman–Crippen LogP) is 4.56. The van der Waals surface area contributed by atoms with Crippen LogP contribution in [0.2, 0.25) is 0 Å². The Balaban J connectivity index is 1.92. The molecule has 3 heteroatoms. The number of hydrogen-bond acceptors (Lipinski definition) is 2. The second-order valence-electron chi connectivity index (χ2n) is 4.93. The van der Waals surface area contributed by atoms with Crippen molar-refractivity contribution >= 4 is 11.8 Å². The molecule has 0 aliphatic rings. The van der Waals surface area contributed by atoms with Crippen molar-refractivity contribution in [3.8, 4) is 11.3 Å². The Kier molecular flexibility index (Phi) is 4.76. The van der Waals surface area contributed by atoms with Crippen LogP contribution in [0.3, 0.4) is 0 Å². The lowest BCUT2D eigenvalue weighted by Crippen LogP contribution is -2.34. The fourth-order valence-electron chi connectivity index (χ4n) is 2.23. The Morgan fingerprint density at radius 2 is 1.68 bits per heavy atom. The Morgan fingerprint density at radius 3 is 2.36 bits per heavy atom. The molecule has 1 heterocycles. The molecule has 0 amide bonds. The first kappa shape index (κ1) is 14.7. The van der Waals surface area contributed by atoms with Crippen LogP contribution in [0.25, 0.3) is 11.3 Å². The first-order chi connectivity index (χ1) is 10.9. The Bertz CT molecular complexity index is 735. The molecule has 0 radical (unpaired) electrons. The molecule has 0 aliphatic carbocycles. The highest BCUT2D eigenvalue weighted by atomic mass is 32.2. The molecule has 0 atom stereocenters. The van der Waals surface area contributed by atoms with Gasteiger partial charge < -0.3 is 0 Å². The van der Waals surface area contributed by atoms with E-state index in [1.807, 2.05) is 47.2 Å². The molecule has 0 fully saturated rings. The Labute approximate surface area is 135 Å². The molecule has 1 aromatic heterocycles. The van der Waals surface area contributed by atoms with Gasteiger partial charge in [-0.1, -0.05) is 66.7 Å². The molecule has 0 bridgehead atoms. The maximum atomic E-state index is 6.06. The van der Waals surface area contributed by atoms with Crippen LogP contribution < -0.4 is 4.74 Å². The van der Waals surface area contributed by atoms with Gasteiger partial charge in [0.05, 0.1) is 6.07 Å². The van der Waals surface area contributed by atoms with E-state index in [-0.39, 0.29) is 0 Å². The summed E-state index contributed by atoms with van der Waals surface area (Å²) >= 11 is 1.73. The molecular weight excluding hydrogens is 290 g/mol. The summed E-state index contributed by atoms with van der Waals surface area (Å²) in [7, 11) is 0. The molecule has 3 aromatic rings. The minimum Gasteiger partial charge on any atom is -0.235 e. The van der Waals surface area contributed by atoms with Gasteiger partial charge in [0, 0.05) is 16.9 Å². The van der Waals surface area contributed by atoms with Crippen LogP contribution in [0.4, 0.5) is 0 Å². The highest BCUT2D eigenvalue weighted by molar-refractivity contribution is 7.99. The van der Waals surface area contributed by atoms with Crippen LogP contribution in [-0.2, 0) is 6.54 Å². The molecule has 110 valence electrons. The highest BCUT2D eigenvalue weighted by Crippen LogP contribution is 2.24. The standard InChI is InChI=1S/C19H18NOS/c1-2-13-22-19-14-18(17-11-7-4-8-12-17)21-20(19)15-16-9-5-3-6-10-16/h2-12,14H,1,13,15H2/q+1. The molecule has 0 saturated heterocycles. The summed E-state index contributed by atoms with van der Waals surface area (Å²) in [5.41, 5.74) is 2.32. The van der Waals surface area contributed by atoms with E-state index in [0.717, 1.165) is 28.6 Å². The smallest absolute Gasteiger partial charge is 0.235 e. The van der Waals surface area contributed by atoms with Gasteiger partial charge >= 0.3 is 0 Å². The topological polar surface area (TPSA) is 17.0 Å². The minimum atomic E-state index is 0.729. The first-order valence-electron chi connectivity index (χ1n) is 7.24. The van der Waals surface area contributed by atoms with Crippen molar-refractivity contribution in [2.75, 3.05) is 5.75 Å². The van der Waals surface area contributed by atoms with Crippen molar-refractivity contribution in [2.24, 2.45) is 0 Å². The van der Waals surface area contributed by atoms with E-state index in [1.165, 1.54) is 5.56 Å². The lowest BCUT2D eigenvalue weighted by molar-refractivity contribution is -0.884. The predicted molar refractivity (Wildman–Crippen MR) is 90.8 cm³/mol. The van der Waals surface area contributed by atoms with Crippen molar-refractivity contribution in [2.45, 2.75) is 11.6 Å². The molecule has 2 aromatic carbocycles. The van der Waals surface area contributed by atoms with Gasteiger partial charge in [0.1, 0.15) is 0 Å². The summed E-state index contributed by atoms with van der Waals surface area (Å²) in [6.07, 6.45) is 1.91. The van der Waals surface area contributed by atoms with Gasteiger partial charge in [0.2, 0.25) is 12.3 Å². The van der Waals surface area contributed by atoms with Gasteiger partial charge in [-0.25, -0.2) is 4.52 Å². The summed E-state index contributed by atoms with van der Waals surface area (Å²) in [5.74, 6) is 1.76. The van der Waals surface area contributed by atoms with Crippen LogP contribution in [0, 0.1) is 0 Å². The van der Waals surface area contributed by atoms with E-state index >= 15 is 0 Å². The van der Waals surface area contributed by atoms with Gasteiger partial charge in [0.25, 0.3) is 5.03 Å². The fourth-order valence-corrected chi connectivity index (χ4v) is 2.95. The zero-order valence-electron chi connectivity index (χ0n) is 12.3. The van der Waals surface area contributed by atoms with E-state index in [4.69, 9.17) is 4.52 Å². The van der Waals surface area contributed by atoms with E-state index in [1.54, 1.807) is 11.8 Å². The Hall–Kier alpha value is -2.26. The van der Waals surface area contributed by atoms with E-state index in [2.05, 4.69) is 36.9 Å². The number of hydrogen-bond donors (Lipinski definition) is 0. The number of thioether (sulfide) groups is 1. The van der Waals surface area contributed by atoms with E-state index < -0.39 is 0 Å². The fraction of sp³-hybridized carbons (Fsp3) is 0.105. The third kappa shape index (κ3) is 3.49. The SMILES string of the molecule is C=CCSc1cc(-c2ccccc2)o[n+]1Cc1ccccc1. The zero-order valence-corrected chi connectivity index (χ0v) is 13.1. The molecule has 0 saturated carbocycles. The first-order valence-corrected chi connectivity index (χ1v) is 8.22. The third-order valence-electron chi connectivity index (χ3n) is 3.29. The van der Waals surface area contributed by atoms with Crippen molar-refractivity contribution in [1.29, 1.82) is 0 Å². The monoisotopic (exact) mass is 308 g/mol. The number of benzene rings is 2. The van der Waals surface area contributed by atoms with Crippen LogP contribution >= 0.6 is 11.8 Å². The molecule has 3 rings (SSSR count). The van der Waals surface area contributed by atoms with Crippen molar-refractivity contribution < 1.29 is 9.26 Å². The largest absolute Gasteiger partial charge is 0.289 e. The number of rotatable bonds is 6. The lowest BCUT2D eigenvalue weighted by atomic mass is 10.2. The van der Waals surface area contributed by atoms with Crippen molar-refractivity contribution in [1.82, 2.24) is 0 Å². The van der Waals surface area contributed by atoms with Crippen molar-refractivity contribution in [3.05, 3.63) is 84.9 Å². The average molecular weight is 308 g/mol. The van der Waals surface area contributed by atoms with Crippen molar-refractivity contribution in [3.63, 3.8) is 0 Å². The molecule has 22 heavy (non-hydrogen) atoms. The molecular formula is C19H18NOS+. The molecule has 0 spiro atoms. The Morgan fingerprint density at radius 1 is 1.00 bits per heavy atom. The summed E-state index contributed by atoms with van der Waals surface area (Å²) < 4.78 is 8.01. The zero-order chi connectivity index (χ0) is 15.2. The average Bonchev–Trinajstić information content (AvgIpc) is 2.97. The highest BCUT2D eigenvalue weighted by Gasteiger charge is 2.21. The summed E-state index contributed by atoms with van der Waals surface area (Å²) in [4.78, 5) is 0. The maximum Gasteiger partial charge on any atom is 0.289 e. The van der Waals surface area contributed by atoms with E-state index in [0.29, 0.717) is 0 Å². The summed E-state index contributed by atoms with van der Waals surface area (Å²) in [6.45, 7) is 4.52.